The molecular formula is C12H12N4OS. The van der Waals surface area contributed by atoms with Gasteiger partial charge < -0.3 is 0 Å². The maximum atomic E-state index is 11.9. The Morgan fingerprint density at radius 2 is 2.11 bits per heavy atom. The molecular weight excluding hydrogens is 248 g/mol. The van der Waals surface area contributed by atoms with Gasteiger partial charge in [0, 0.05) is 17.3 Å². The van der Waals surface area contributed by atoms with Crippen molar-refractivity contribution in [2.45, 2.75) is 19.3 Å². The summed E-state index contributed by atoms with van der Waals surface area (Å²) in [4.78, 5) is 21.9. The van der Waals surface area contributed by atoms with Gasteiger partial charge in [-0.15, -0.1) is 11.3 Å². The van der Waals surface area contributed by atoms with Crippen LogP contribution in [0, 0.1) is 0 Å². The van der Waals surface area contributed by atoms with Crippen molar-refractivity contribution in [3.05, 3.63) is 39.8 Å². The first-order valence-corrected chi connectivity index (χ1v) is 6.59. The minimum atomic E-state index is -0.137. The van der Waals surface area contributed by atoms with Crippen LogP contribution in [0.5, 0.6) is 0 Å². The summed E-state index contributed by atoms with van der Waals surface area (Å²) in [6.45, 7) is 0. The lowest BCUT2D eigenvalue weighted by atomic mass is 10.2. The molecule has 0 aliphatic heterocycles. The van der Waals surface area contributed by atoms with Crippen LogP contribution in [0.2, 0.25) is 0 Å². The van der Waals surface area contributed by atoms with Crippen LogP contribution in [0.25, 0.3) is 0 Å². The summed E-state index contributed by atoms with van der Waals surface area (Å²) in [6.07, 6.45) is 6.62. The number of carbonyl (C=O) groups is 1. The molecule has 6 heteroatoms. The van der Waals surface area contributed by atoms with Crippen LogP contribution in [0.1, 0.15) is 26.5 Å². The average molecular weight is 260 g/mol. The lowest BCUT2D eigenvalue weighted by molar-refractivity contribution is 0.0966. The Hall–Kier alpha value is -1.95. The van der Waals surface area contributed by atoms with Crippen LogP contribution in [0.3, 0.4) is 0 Å². The van der Waals surface area contributed by atoms with Gasteiger partial charge in [-0.3, -0.25) is 15.6 Å². The molecule has 0 spiro atoms. The molecule has 0 atom stereocenters. The highest BCUT2D eigenvalue weighted by atomic mass is 32.1. The van der Waals surface area contributed by atoms with E-state index in [1.165, 1.54) is 16.9 Å². The van der Waals surface area contributed by atoms with Gasteiger partial charge in [-0.05, 0) is 37.0 Å². The van der Waals surface area contributed by atoms with Crippen molar-refractivity contribution in [3.63, 3.8) is 0 Å². The molecule has 0 aromatic carbocycles. The summed E-state index contributed by atoms with van der Waals surface area (Å²) in [6, 6.07) is 3.70. The quantitative estimate of drug-likeness (QED) is 0.826. The second-order valence-electron chi connectivity index (χ2n) is 4.06. The first kappa shape index (κ1) is 11.2. The van der Waals surface area contributed by atoms with Crippen LogP contribution in [0.15, 0.2) is 24.5 Å². The van der Waals surface area contributed by atoms with Crippen molar-refractivity contribution in [3.8, 4) is 0 Å². The molecule has 2 aromatic rings. The third-order valence-electron chi connectivity index (χ3n) is 2.82. The van der Waals surface area contributed by atoms with Crippen LogP contribution >= 0.6 is 11.3 Å². The Kier molecular flexibility index (Phi) is 2.93. The molecule has 0 saturated carbocycles. The van der Waals surface area contributed by atoms with Crippen molar-refractivity contribution in [2.24, 2.45) is 0 Å². The highest BCUT2D eigenvalue weighted by molar-refractivity contribution is 7.14. The maximum absolute atomic E-state index is 11.9. The molecule has 1 aliphatic carbocycles. The number of fused-ring (bicyclic) bond motifs is 1. The third kappa shape index (κ3) is 2.19. The molecule has 3 rings (SSSR count). The first-order chi connectivity index (χ1) is 8.83. The molecule has 0 radical (unpaired) electrons. The molecule has 0 saturated heterocycles. The minimum absolute atomic E-state index is 0.137. The summed E-state index contributed by atoms with van der Waals surface area (Å²) in [5, 5.41) is 0. The number of anilines is 1. The third-order valence-corrected chi connectivity index (χ3v) is 4.06. The predicted molar refractivity (Wildman–Crippen MR) is 69.5 cm³/mol. The fourth-order valence-corrected chi connectivity index (χ4v) is 3.13. The number of nitrogens with one attached hydrogen (secondary N) is 2. The number of rotatable bonds is 3. The Morgan fingerprint density at radius 1 is 1.28 bits per heavy atom. The van der Waals surface area contributed by atoms with Gasteiger partial charge in [-0.2, -0.15) is 0 Å². The number of thiophene rings is 1. The normalized spacial score (nSPS) is 13.1. The highest BCUT2D eigenvalue weighted by Gasteiger charge is 2.18. The van der Waals surface area contributed by atoms with Gasteiger partial charge >= 0.3 is 0 Å². The fourth-order valence-electron chi connectivity index (χ4n) is 1.98. The van der Waals surface area contributed by atoms with Crippen LogP contribution in [-0.2, 0) is 12.8 Å². The van der Waals surface area contributed by atoms with Gasteiger partial charge in [0.2, 0.25) is 5.95 Å². The number of aromatic nitrogens is 2. The van der Waals surface area contributed by atoms with Gasteiger partial charge in [-0.25, -0.2) is 9.97 Å². The SMILES string of the molecule is O=C(NNc1ncccn1)c1cc2c(s1)CCC2. The zero-order valence-electron chi connectivity index (χ0n) is 9.64. The molecule has 5 nitrogen and oxygen atoms in total. The monoisotopic (exact) mass is 260 g/mol. The van der Waals surface area contributed by atoms with E-state index in [1.54, 1.807) is 29.8 Å². The number of amides is 1. The predicted octanol–water partition coefficient (Wildman–Crippen LogP) is 1.78. The average Bonchev–Trinajstić information content (AvgIpc) is 2.98. The van der Waals surface area contributed by atoms with E-state index in [4.69, 9.17) is 0 Å². The van der Waals surface area contributed by atoms with E-state index in [9.17, 15) is 4.79 Å². The molecule has 2 aromatic heterocycles. The Labute approximate surface area is 108 Å². The molecule has 2 N–H and O–H groups in total. The summed E-state index contributed by atoms with van der Waals surface area (Å²) < 4.78 is 0. The molecule has 0 fully saturated rings. The molecule has 0 bridgehead atoms. The van der Waals surface area contributed by atoms with Crippen molar-refractivity contribution >= 4 is 23.2 Å². The summed E-state index contributed by atoms with van der Waals surface area (Å²) >= 11 is 1.57. The van der Waals surface area contributed by atoms with Crippen molar-refractivity contribution < 1.29 is 4.79 Å². The number of hydrogen-bond donors (Lipinski definition) is 2. The van der Waals surface area contributed by atoms with E-state index in [0.717, 1.165) is 17.7 Å². The second kappa shape index (κ2) is 4.73. The lowest BCUT2D eigenvalue weighted by Gasteiger charge is -2.04. The second-order valence-corrected chi connectivity index (χ2v) is 5.20. The molecule has 2 heterocycles. The lowest BCUT2D eigenvalue weighted by Crippen LogP contribution is -2.29. The first-order valence-electron chi connectivity index (χ1n) is 5.78. The zero-order chi connectivity index (χ0) is 12.4. The minimum Gasteiger partial charge on any atom is -0.266 e. The number of hydrazine groups is 1. The Balaban J connectivity index is 1.64. The van der Waals surface area contributed by atoms with Gasteiger partial charge in [-0.1, -0.05) is 0 Å². The maximum Gasteiger partial charge on any atom is 0.279 e. The van der Waals surface area contributed by atoms with Gasteiger partial charge in [0.25, 0.3) is 5.91 Å². The molecule has 1 amide bonds. The standard InChI is InChI=1S/C12H12N4OS/c17-11(15-16-12-13-5-2-6-14-12)10-7-8-3-1-4-9(8)18-10/h2,5-7H,1,3-4H2,(H,15,17)(H,13,14,16). The van der Waals surface area contributed by atoms with Gasteiger partial charge in [0.05, 0.1) is 4.88 Å². The zero-order valence-corrected chi connectivity index (χ0v) is 10.5. The Morgan fingerprint density at radius 3 is 2.89 bits per heavy atom. The van der Waals surface area contributed by atoms with Crippen LogP contribution in [-0.4, -0.2) is 15.9 Å². The fraction of sp³-hybridized carbons (Fsp3) is 0.250. The smallest absolute Gasteiger partial charge is 0.266 e. The topological polar surface area (TPSA) is 66.9 Å². The summed E-state index contributed by atoms with van der Waals surface area (Å²) in [5.74, 6) is 0.247. The van der Waals surface area contributed by atoms with E-state index in [2.05, 4.69) is 20.8 Å². The number of nitrogens with zero attached hydrogens (tertiary/aromatic N) is 2. The van der Waals surface area contributed by atoms with Crippen LogP contribution < -0.4 is 10.9 Å². The van der Waals surface area contributed by atoms with Gasteiger partial charge in [0.15, 0.2) is 0 Å². The van der Waals surface area contributed by atoms with Gasteiger partial charge in [0.1, 0.15) is 0 Å². The number of hydrogen-bond acceptors (Lipinski definition) is 5. The molecule has 0 unspecified atom stereocenters. The number of carbonyl (C=O) groups excluding carboxylic acids is 1. The van der Waals surface area contributed by atoms with Crippen LogP contribution in [0.4, 0.5) is 5.95 Å². The summed E-state index contributed by atoms with van der Waals surface area (Å²) in [7, 11) is 0. The van der Waals surface area contributed by atoms with E-state index in [0.29, 0.717) is 5.95 Å². The molecule has 18 heavy (non-hydrogen) atoms. The highest BCUT2D eigenvalue weighted by Crippen LogP contribution is 2.30. The van der Waals surface area contributed by atoms with E-state index in [-0.39, 0.29) is 5.91 Å². The van der Waals surface area contributed by atoms with E-state index < -0.39 is 0 Å². The van der Waals surface area contributed by atoms with Crippen molar-refractivity contribution in [1.29, 1.82) is 0 Å². The largest absolute Gasteiger partial charge is 0.279 e. The molecule has 1 aliphatic rings. The van der Waals surface area contributed by atoms with E-state index >= 15 is 0 Å². The van der Waals surface area contributed by atoms with Crippen molar-refractivity contribution in [2.75, 3.05) is 5.43 Å². The Bertz CT molecular complexity index is 545. The van der Waals surface area contributed by atoms with E-state index in [1.807, 2.05) is 6.07 Å². The molecule has 92 valence electrons. The van der Waals surface area contributed by atoms with Crippen molar-refractivity contribution in [1.82, 2.24) is 15.4 Å². The summed E-state index contributed by atoms with van der Waals surface area (Å²) in [5.41, 5.74) is 6.61. The number of aryl methyl sites for hydroxylation is 2.